The van der Waals surface area contributed by atoms with E-state index >= 15 is 0 Å². The lowest BCUT2D eigenvalue weighted by atomic mass is 10.3. The molecule has 2 heterocycles. The number of nitrogens with zero attached hydrogens (tertiary/aromatic N) is 4. The molecule has 10 heteroatoms. The Bertz CT molecular complexity index is 1170. The first-order chi connectivity index (χ1) is 14.1. The predicted molar refractivity (Wildman–Crippen MR) is 109 cm³/mol. The van der Waals surface area contributed by atoms with Gasteiger partial charge < -0.3 is 15.6 Å². The number of nitrogens with one attached hydrogen (secondary N) is 1. The van der Waals surface area contributed by atoms with Gasteiger partial charge in [0.05, 0.1) is 11.0 Å². The lowest BCUT2D eigenvalue weighted by Gasteiger charge is -2.06. The summed E-state index contributed by atoms with van der Waals surface area (Å²) in [5, 5.41) is 8.68. The highest BCUT2D eigenvalue weighted by molar-refractivity contribution is 7.99. The van der Waals surface area contributed by atoms with Crippen LogP contribution in [0.25, 0.3) is 11.0 Å². The zero-order valence-electron chi connectivity index (χ0n) is 15.4. The van der Waals surface area contributed by atoms with E-state index in [2.05, 4.69) is 15.2 Å². The van der Waals surface area contributed by atoms with E-state index in [0.29, 0.717) is 23.3 Å². The number of H-pyrrole nitrogens is 1. The third kappa shape index (κ3) is 4.27. The van der Waals surface area contributed by atoms with Crippen LogP contribution in [0.4, 0.5) is 4.39 Å². The number of ether oxygens (including phenoxy) is 1. The molecule has 0 spiro atoms. The average molecular weight is 414 g/mol. The molecule has 0 radical (unpaired) electrons. The Morgan fingerprint density at radius 1 is 1.14 bits per heavy atom. The minimum atomic E-state index is -0.326. The lowest BCUT2D eigenvalue weighted by Crippen LogP contribution is -2.17. The number of fused-ring (bicyclic) bond motifs is 1. The Morgan fingerprint density at radius 3 is 2.76 bits per heavy atom. The molecule has 0 saturated carbocycles. The fourth-order valence-electron chi connectivity index (χ4n) is 2.90. The number of aromatic amines is 1. The Balaban J connectivity index is 1.30. The van der Waals surface area contributed by atoms with E-state index in [1.807, 2.05) is 24.3 Å². The number of para-hydroxylation sites is 2. The van der Waals surface area contributed by atoms with Crippen molar-refractivity contribution in [3.8, 4) is 5.75 Å². The van der Waals surface area contributed by atoms with Crippen LogP contribution >= 0.6 is 11.8 Å². The second kappa shape index (κ2) is 8.39. The van der Waals surface area contributed by atoms with Crippen LogP contribution in [0.5, 0.6) is 5.75 Å². The van der Waals surface area contributed by atoms with Crippen molar-refractivity contribution in [1.29, 1.82) is 0 Å². The molecule has 150 valence electrons. The molecule has 0 amide bonds. The van der Waals surface area contributed by atoms with Crippen LogP contribution in [-0.4, -0.2) is 30.2 Å². The summed E-state index contributed by atoms with van der Waals surface area (Å²) >= 11 is 1.46. The molecule has 0 saturated heterocycles. The fraction of sp³-hybridized carbons (Fsp3) is 0.211. The number of rotatable bonds is 8. The number of thioether (sulfide) groups is 1. The van der Waals surface area contributed by atoms with Gasteiger partial charge in [0, 0.05) is 12.3 Å². The molecule has 29 heavy (non-hydrogen) atoms. The minimum absolute atomic E-state index is 0.113. The molecule has 0 atom stereocenters. The summed E-state index contributed by atoms with van der Waals surface area (Å²) in [5.74, 6) is 7.42. The van der Waals surface area contributed by atoms with Crippen molar-refractivity contribution in [1.82, 2.24) is 24.4 Å². The number of aromatic nitrogens is 5. The summed E-state index contributed by atoms with van der Waals surface area (Å²) in [6.45, 7) is 0.718. The second-order valence-electron chi connectivity index (χ2n) is 6.31. The number of aryl methyl sites for hydroxylation is 1. The van der Waals surface area contributed by atoms with E-state index in [9.17, 15) is 9.18 Å². The highest BCUT2D eigenvalue weighted by Gasteiger charge is 2.11. The first kappa shape index (κ1) is 19.1. The van der Waals surface area contributed by atoms with Crippen LogP contribution in [0, 0.1) is 5.82 Å². The third-order valence-electron chi connectivity index (χ3n) is 4.36. The molecule has 2 aromatic carbocycles. The van der Waals surface area contributed by atoms with Gasteiger partial charge in [0.25, 0.3) is 0 Å². The van der Waals surface area contributed by atoms with Crippen LogP contribution in [0.15, 0.2) is 58.5 Å². The predicted octanol–water partition coefficient (Wildman–Crippen LogP) is 2.54. The molecule has 4 rings (SSSR count). The fourth-order valence-corrected chi connectivity index (χ4v) is 3.70. The normalized spacial score (nSPS) is 11.2. The first-order valence-corrected chi connectivity index (χ1v) is 9.98. The van der Waals surface area contributed by atoms with Gasteiger partial charge in [0.2, 0.25) is 5.16 Å². The highest BCUT2D eigenvalue weighted by Crippen LogP contribution is 2.18. The van der Waals surface area contributed by atoms with Crippen molar-refractivity contribution < 1.29 is 9.13 Å². The number of imidazole rings is 1. The maximum absolute atomic E-state index is 12.9. The van der Waals surface area contributed by atoms with Gasteiger partial charge in [-0.1, -0.05) is 23.9 Å². The number of nitrogen functional groups attached to an aromatic ring is 1. The van der Waals surface area contributed by atoms with Gasteiger partial charge in [-0.3, -0.25) is 4.57 Å². The molecule has 2 aromatic heterocycles. The number of halogens is 1. The van der Waals surface area contributed by atoms with Crippen LogP contribution in [0.3, 0.4) is 0 Å². The van der Waals surface area contributed by atoms with E-state index < -0.39 is 0 Å². The van der Waals surface area contributed by atoms with Crippen molar-refractivity contribution >= 4 is 22.8 Å². The summed E-state index contributed by atoms with van der Waals surface area (Å²) in [5.41, 5.74) is 1.61. The van der Waals surface area contributed by atoms with Crippen LogP contribution in [0.1, 0.15) is 12.2 Å². The van der Waals surface area contributed by atoms with Gasteiger partial charge in [-0.25, -0.2) is 13.9 Å². The van der Waals surface area contributed by atoms with Gasteiger partial charge in [0.1, 0.15) is 18.2 Å². The Hall–Kier alpha value is -3.27. The minimum Gasteiger partial charge on any atom is -0.486 e. The van der Waals surface area contributed by atoms with Crippen molar-refractivity contribution in [2.45, 2.75) is 24.7 Å². The van der Waals surface area contributed by atoms with Crippen molar-refractivity contribution in [3.63, 3.8) is 0 Å². The molecule has 0 aliphatic rings. The van der Waals surface area contributed by atoms with Crippen LogP contribution in [0.2, 0.25) is 0 Å². The maximum Gasteiger partial charge on any atom is 0.326 e. The van der Waals surface area contributed by atoms with Crippen LogP contribution < -0.4 is 16.3 Å². The number of benzene rings is 2. The van der Waals surface area contributed by atoms with Crippen LogP contribution in [-0.2, 0) is 13.2 Å². The Labute approximate surface area is 169 Å². The molecule has 4 aromatic rings. The second-order valence-corrected chi connectivity index (χ2v) is 7.37. The summed E-state index contributed by atoms with van der Waals surface area (Å²) in [6.07, 6.45) is 0.765. The summed E-state index contributed by atoms with van der Waals surface area (Å²) < 4.78 is 21.6. The third-order valence-corrected chi connectivity index (χ3v) is 5.38. The van der Waals surface area contributed by atoms with Crippen molar-refractivity contribution in [2.24, 2.45) is 0 Å². The smallest absolute Gasteiger partial charge is 0.326 e. The number of hydrogen-bond acceptors (Lipinski definition) is 6. The molecule has 0 aliphatic carbocycles. The van der Waals surface area contributed by atoms with Gasteiger partial charge in [-0.05, 0) is 42.8 Å². The molecule has 0 bridgehead atoms. The monoisotopic (exact) mass is 414 g/mol. The number of hydrogen-bond donors (Lipinski definition) is 2. The van der Waals surface area contributed by atoms with Gasteiger partial charge >= 0.3 is 5.69 Å². The SMILES string of the molecule is Nn1c(COc2ccc(F)cc2)nnc1SCCCn1c(=O)[nH]c2ccccc21. The summed E-state index contributed by atoms with van der Waals surface area (Å²) in [7, 11) is 0. The van der Waals surface area contributed by atoms with Gasteiger partial charge in [-0.15, -0.1) is 10.2 Å². The zero-order valence-corrected chi connectivity index (χ0v) is 16.2. The molecule has 0 unspecified atom stereocenters. The quantitative estimate of drug-likeness (QED) is 0.261. The standard InChI is InChI=1S/C19H19FN6O2S/c20-13-6-8-14(9-7-13)28-12-17-23-24-19(26(17)21)29-11-3-10-25-16-5-2-1-4-15(16)22-18(25)27/h1-2,4-9H,3,10-12,21H2,(H,22,27). The summed E-state index contributed by atoms with van der Waals surface area (Å²) in [4.78, 5) is 14.9. The molecular weight excluding hydrogens is 395 g/mol. The number of nitrogens with two attached hydrogens (primary N) is 1. The van der Waals surface area contributed by atoms with Crippen molar-refractivity contribution in [3.05, 3.63) is 70.7 Å². The van der Waals surface area contributed by atoms with E-state index in [1.54, 1.807) is 4.57 Å². The van der Waals surface area contributed by atoms with E-state index in [-0.39, 0.29) is 18.1 Å². The maximum atomic E-state index is 12.9. The lowest BCUT2D eigenvalue weighted by molar-refractivity contribution is 0.291. The Kier molecular flexibility index (Phi) is 5.52. The average Bonchev–Trinajstić information content (AvgIpc) is 3.24. The van der Waals surface area contributed by atoms with Gasteiger partial charge in [0.15, 0.2) is 5.82 Å². The molecule has 0 fully saturated rings. The summed E-state index contributed by atoms with van der Waals surface area (Å²) in [6, 6.07) is 13.3. The van der Waals surface area contributed by atoms with E-state index in [4.69, 9.17) is 10.6 Å². The molecule has 0 aliphatic heterocycles. The molecule has 8 nitrogen and oxygen atoms in total. The first-order valence-electron chi connectivity index (χ1n) is 9.00. The largest absolute Gasteiger partial charge is 0.486 e. The zero-order chi connectivity index (χ0) is 20.2. The Morgan fingerprint density at radius 2 is 1.93 bits per heavy atom. The van der Waals surface area contributed by atoms with Gasteiger partial charge in [-0.2, -0.15) is 0 Å². The van der Waals surface area contributed by atoms with Crippen molar-refractivity contribution in [2.75, 3.05) is 11.6 Å². The van der Waals surface area contributed by atoms with E-state index in [0.717, 1.165) is 23.2 Å². The molecular formula is C19H19FN6O2S. The highest BCUT2D eigenvalue weighted by atomic mass is 32.2. The molecule has 3 N–H and O–H groups in total. The topological polar surface area (TPSA) is 104 Å². The van der Waals surface area contributed by atoms with E-state index in [1.165, 1.54) is 40.7 Å².